The minimum atomic E-state index is 0.0717. The number of imidazole rings is 1. The van der Waals surface area contributed by atoms with Crippen LogP contribution in [0.25, 0.3) is 11.0 Å². The highest BCUT2D eigenvalue weighted by Crippen LogP contribution is 2.23. The molecule has 1 aromatic heterocycles. The zero-order valence-corrected chi connectivity index (χ0v) is 17.3. The molecule has 31 heavy (non-hydrogen) atoms. The molecule has 4 aromatic rings. The average Bonchev–Trinajstić information content (AvgIpc) is 3.22. The predicted molar refractivity (Wildman–Crippen MR) is 123 cm³/mol. The average molecular weight is 412 g/mol. The minimum absolute atomic E-state index is 0.0717. The van der Waals surface area contributed by atoms with Crippen LogP contribution in [0.4, 0.5) is 11.4 Å². The van der Waals surface area contributed by atoms with Crippen molar-refractivity contribution in [3.05, 3.63) is 90.3 Å². The summed E-state index contributed by atoms with van der Waals surface area (Å²) in [7, 11) is 0. The van der Waals surface area contributed by atoms with Gasteiger partial charge < -0.3 is 15.2 Å². The van der Waals surface area contributed by atoms with Crippen molar-refractivity contribution in [2.45, 2.75) is 6.54 Å². The third-order valence-corrected chi connectivity index (χ3v) is 5.68. The standard InChI is InChI=1S/C25H25N5O/c31-25(20-10-4-5-11-21(20)26-19-8-2-1-3-9-19)30-16-14-29(15-17-30)18-24-27-22-12-6-7-13-23(22)28-24/h1-13,26H,14-18H2,(H,27,28). The molecule has 1 aliphatic rings. The van der Waals surface area contributed by atoms with Crippen LogP contribution in [0.5, 0.6) is 0 Å². The van der Waals surface area contributed by atoms with E-state index in [-0.39, 0.29) is 5.91 Å². The number of anilines is 2. The first-order valence-corrected chi connectivity index (χ1v) is 10.6. The summed E-state index contributed by atoms with van der Waals surface area (Å²) in [5, 5.41) is 3.38. The zero-order chi connectivity index (χ0) is 21.0. The third kappa shape index (κ3) is 4.29. The fraction of sp³-hybridized carbons (Fsp3) is 0.200. The number of nitrogens with one attached hydrogen (secondary N) is 2. The Morgan fingerprint density at radius 3 is 2.39 bits per heavy atom. The first kappa shape index (κ1) is 19.3. The van der Waals surface area contributed by atoms with Crippen molar-refractivity contribution in [3.63, 3.8) is 0 Å². The highest BCUT2D eigenvalue weighted by atomic mass is 16.2. The molecule has 156 valence electrons. The van der Waals surface area contributed by atoms with Gasteiger partial charge in [0, 0.05) is 31.9 Å². The number of hydrogen-bond acceptors (Lipinski definition) is 4. The van der Waals surface area contributed by atoms with Crippen molar-refractivity contribution in [1.82, 2.24) is 19.8 Å². The first-order valence-electron chi connectivity index (χ1n) is 10.6. The number of piperazine rings is 1. The third-order valence-electron chi connectivity index (χ3n) is 5.68. The minimum Gasteiger partial charge on any atom is -0.355 e. The number of benzene rings is 3. The van der Waals surface area contributed by atoms with Crippen LogP contribution in [0.3, 0.4) is 0 Å². The summed E-state index contributed by atoms with van der Waals surface area (Å²) in [6, 6.07) is 25.7. The maximum atomic E-state index is 13.2. The summed E-state index contributed by atoms with van der Waals surface area (Å²) >= 11 is 0. The molecule has 2 heterocycles. The van der Waals surface area contributed by atoms with Gasteiger partial charge in [-0.2, -0.15) is 0 Å². The summed E-state index contributed by atoms with van der Waals surface area (Å²) in [4.78, 5) is 25.6. The van der Waals surface area contributed by atoms with Crippen LogP contribution >= 0.6 is 0 Å². The van der Waals surface area contributed by atoms with Crippen molar-refractivity contribution in [2.24, 2.45) is 0 Å². The molecule has 1 fully saturated rings. The summed E-state index contributed by atoms with van der Waals surface area (Å²) < 4.78 is 0. The molecule has 0 unspecified atom stereocenters. The predicted octanol–water partition coefficient (Wildman–Crippen LogP) is 4.26. The van der Waals surface area contributed by atoms with E-state index in [0.29, 0.717) is 18.7 Å². The van der Waals surface area contributed by atoms with Gasteiger partial charge in [-0.3, -0.25) is 9.69 Å². The summed E-state index contributed by atoms with van der Waals surface area (Å²) in [6.45, 7) is 3.84. The maximum absolute atomic E-state index is 13.2. The summed E-state index contributed by atoms with van der Waals surface area (Å²) in [5.41, 5.74) is 4.57. The van der Waals surface area contributed by atoms with Crippen molar-refractivity contribution >= 4 is 28.3 Å². The Kier molecular flexibility index (Phi) is 5.37. The van der Waals surface area contributed by atoms with Crippen LogP contribution in [0.1, 0.15) is 16.2 Å². The van der Waals surface area contributed by atoms with Crippen LogP contribution in [-0.4, -0.2) is 51.9 Å². The molecule has 6 heteroatoms. The van der Waals surface area contributed by atoms with Crippen LogP contribution in [0.15, 0.2) is 78.9 Å². The lowest BCUT2D eigenvalue weighted by atomic mass is 10.1. The van der Waals surface area contributed by atoms with Gasteiger partial charge in [-0.25, -0.2) is 4.98 Å². The van der Waals surface area contributed by atoms with Gasteiger partial charge >= 0.3 is 0 Å². The zero-order valence-electron chi connectivity index (χ0n) is 17.3. The van der Waals surface area contributed by atoms with Crippen molar-refractivity contribution in [2.75, 3.05) is 31.5 Å². The van der Waals surface area contributed by atoms with E-state index in [1.807, 2.05) is 83.8 Å². The van der Waals surface area contributed by atoms with Crippen LogP contribution < -0.4 is 5.32 Å². The first-order chi connectivity index (χ1) is 15.3. The Bertz CT molecular complexity index is 1150. The molecule has 0 radical (unpaired) electrons. The molecular weight excluding hydrogens is 386 g/mol. The fourth-order valence-corrected chi connectivity index (χ4v) is 4.03. The van der Waals surface area contributed by atoms with Crippen molar-refractivity contribution < 1.29 is 4.79 Å². The highest BCUT2D eigenvalue weighted by Gasteiger charge is 2.24. The molecular formula is C25H25N5O. The lowest BCUT2D eigenvalue weighted by molar-refractivity contribution is 0.0627. The summed E-state index contributed by atoms with van der Waals surface area (Å²) in [6.07, 6.45) is 0. The smallest absolute Gasteiger partial charge is 0.256 e. The molecule has 0 bridgehead atoms. The second-order valence-electron chi connectivity index (χ2n) is 7.81. The molecule has 0 saturated carbocycles. The molecule has 0 aliphatic carbocycles. The van der Waals surface area contributed by atoms with Crippen molar-refractivity contribution in [3.8, 4) is 0 Å². The summed E-state index contributed by atoms with van der Waals surface area (Å²) in [5.74, 6) is 1.04. The maximum Gasteiger partial charge on any atom is 0.256 e. The molecule has 2 N–H and O–H groups in total. The Morgan fingerprint density at radius 2 is 1.58 bits per heavy atom. The number of para-hydroxylation sites is 4. The number of carbonyl (C=O) groups is 1. The van der Waals surface area contributed by atoms with Gasteiger partial charge in [0.15, 0.2) is 0 Å². The van der Waals surface area contributed by atoms with Gasteiger partial charge in [-0.15, -0.1) is 0 Å². The van der Waals surface area contributed by atoms with Gasteiger partial charge in [0.25, 0.3) is 5.91 Å². The quantitative estimate of drug-likeness (QED) is 0.515. The number of fused-ring (bicyclic) bond motifs is 1. The normalized spacial score (nSPS) is 14.6. The highest BCUT2D eigenvalue weighted by molar-refractivity contribution is 6.00. The number of carbonyl (C=O) groups excluding carboxylic acids is 1. The van der Waals surface area contributed by atoms with E-state index >= 15 is 0 Å². The number of hydrogen-bond donors (Lipinski definition) is 2. The van der Waals surface area contributed by atoms with Gasteiger partial charge in [0.05, 0.1) is 28.8 Å². The SMILES string of the molecule is O=C(c1ccccc1Nc1ccccc1)N1CCN(Cc2nc3ccccc3[nH]2)CC1. The van der Waals surface area contributed by atoms with Gasteiger partial charge in [-0.05, 0) is 36.4 Å². The molecule has 5 rings (SSSR count). The number of amides is 1. The lowest BCUT2D eigenvalue weighted by Crippen LogP contribution is -2.48. The number of aromatic nitrogens is 2. The molecule has 1 amide bonds. The van der Waals surface area contributed by atoms with E-state index < -0.39 is 0 Å². The number of H-pyrrole nitrogens is 1. The number of nitrogens with zero attached hydrogens (tertiary/aromatic N) is 3. The van der Waals surface area contributed by atoms with E-state index in [2.05, 4.69) is 20.2 Å². The second kappa shape index (κ2) is 8.62. The molecule has 0 spiro atoms. The largest absolute Gasteiger partial charge is 0.355 e. The van der Waals surface area contributed by atoms with Crippen LogP contribution in [0.2, 0.25) is 0 Å². The Morgan fingerprint density at radius 1 is 0.871 bits per heavy atom. The van der Waals surface area contributed by atoms with Crippen LogP contribution in [-0.2, 0) is 6.54 Å². The molecule has 0 atom stereocenters. The second-order valence-corrected chi connectivity index (χ2v) is 7.81. The Hall–Kier alpha value is -3.64. The number of aromatic amines is 1. The van der Waals surface area contributed by atoms with Crippen LogP contribution in [0, 0.1) is 0 Å². The lowest BCUT2D eigenvalue weighted by Gasteiger charge is -2.34. The van der Waals surface area contributed by atoms with E-state index in [1.54, 1.807) is 0 Å². The van der Waals surface area contributed by atoms with Crippen molar-refractivity contribution in [1.29, 1.82) is 0 Å². The molecule has 1 aliphatic heterocycles. The van der Waals surface area contributed by atoms with E-state index in [9.17, 15) is 4.79 Å². The molecule has 3 aromatic carbocycles. The number of rotatable bonds is 5. The van der Waals surface area contributed by atoms with E-state index in [4.69, 9.17) is 0 Å². The fourth-order valence-electron chi connectivity index (χ4n) is 4.03. The molecule has 1 saturated heterocycles. The van der Waals surface area contributed by atoms with Gasteiger partial charge in [-0.1, -0.05) is 42.5 Å². The van der Waals surface area contributed by atoms with Gasteiger partial charge in [0.2, 0.25) is 0 Å². The Labute approximate surface area is 181 Å². The molecule has 6 nitrogen and oxygen atoms in total. The monoisotopic (exact) mass is 411 g/mol. The topological polar surface area (TPSA) is 64.3 Å². The van der Waals surface area contributed by atoms with Gasteiger partial charge in [0.1, 0.15) is 5.82 Å². The Balaban J connectivity index is 1.23. The van der Waals surface area contributed by atoms with E-state index in [1.165, 1.54) is 0 Å². The van der Waals surface area contributed by atoms with E-state index in [0.717, 1.165) is 47.9 Å².